The van der Waals surface area contributed by atoms with Gasteiger partial charge in [0.2, 0.25) is 5.89 Å². The first-order chi connectivity index (χ1) is 13.4. The van der Waals surface area contributed by atoms with E-state index in [0.29, 0.717) is 40.8 Å². The van der Waals surface area contributed by atoms with Crippen molar-refractivity contribution in [2.45, 2.75) is 18.6 Å². The Hall–Kier alpha value is -2.97. The van der Waals surface area contributed by atoms with E-state index in [4.69, 9.17) is 15.9 Å². The van der Waals surface area contributed by atoms with Crippen molar-refractivity contribution in [3.63, 3.8) is 0 Å². The average Bonchev–Trinajstić information content (AvgIpc) is 3.12. The van der Waals surface area contributed by atoms with Crippen molar-refractivity contribution in [2.75, 3.05) is 6.54 Å². The highest BCUT2D eigenvalue weighted by Gasteiger charge is 2.30. The normalized spacial score (nSPS) is 13.3. The molecule has 0 radical (unpaired) electrons. The molecule has 0 saturated carbocycles. The molecule has 2 heterocycles. The second kappa shape index (κ2) is 6.88. The Bertz CT molecular complexity index is 1140. The number of hydrogen-bond donors (Lipinski definition) is 2. The van der Waals surface area contributed by atoms with Gasteiger partial charge in [0, 0.05) is 10.9 Å². The number of rotatable bonds is 4. The lowest BCUT2D eigenvalue weighted by atomic mass is 10.1. The Labute approximate surface area is 158 Å². The minimum atomic E-state index is -4.40. The highest BCUT2D eigenvalue weighted by atomic mass is 19.4. The molecule has 0 bridgehead atoms. The van der Waals surface area contributed by atoms with E-state index in [0.717, 1.165) is 17.5 Å². The molecule has 0 aliphatic rings. The quantitative estimate of drug-likeness (QED) is 0.542. The zero-order chi connectivity index (χ0) is 19.9. The highest BCUT2D eigenvalue weighted by Crippen LogP contribution is 2.35. The fourth-order valence-corrected chi connectivity index (χ4v) is 3.12. The van der Waals surface area contributed by atoms with Crippen LogP contribution >= 0.6 is 0 Å². The highest BCUT2D eigenvalue weighted by molar-refractivity contribution is 6.02. The number of halogens is 3. The maximum atomic E-state index is 12.8. The number of para-hydroxylation sites is 1. The standard InChI is InChI=1S/C20H17F3N4O/c21-20(22,23)12-7-5-11(6-8-12)19-27-17-16(14(25)9-10-24)26-15-4-2-1-3-13(15)18(17)28-19/h1-8,14H,9-10,24-25H2. The summed E-state index contributed by atoms with van der Waals surface area (Å²) in [6, 6.07) is 11.6. The van der Waals surface area contributed by atoms with Gasteiger partial charge >= 0.3 is 6.18 Å². The minimum absolute atomic E-state index is 0.211. The predicted molar refractivity (Wildman–Crippen MR) is 100 cm³/mol. The number of aromatic nitrogens is 2. The number of fused-ring (bicyclic) bond motifs is 3. The van der Waals surface area contributed by atoms with Crippen molar-refractivity contribution in [2.24, 2.45) is 11.5 Å². The van der Waals surface area contributed by atoms with Gasteiger partial charge in [0.05, 0.1) is 22.8 Å². The summed E-state index contributed by atoms with van der Waals surface area (Å²) in [5, 5.41) is 0.756. The molecular formula is C20H17F3N4O. The Morgan fingerprint density at radius 1 is 1.00 bits per heavy atom. The van der Waals surface area contributed by atoms with E-state index < -0.39 is 17.8 Å². The van der Waals surface area contributed by atoms with Crippen molar-refractivity contribution in [3.8, 4) is 11.5 Å². The van der Waals surface area contributed by atoms with Gasteiger partial charge in [-0.2, -0.15) is 13.2 Å². The van der Waals surface area contributed by atoms with Crippen LogP contribution in [0.2, 0.25) is 0 Å². The summed E-state index contributed by atoms with van der Waals surface area (Å²) in [6.07, 6.45) is -3.88. The van der Waals surface area contributed by atoms with Gasteiger partial charge in [-0.1, -0.05) is 12.1 Å². The van der Waals surface area contributed by atoms with Crippen molar-refractivity contribution >= 4 is 22.0 Å². The van der Waals surface area contributed by atoms with Crippen molar-refractivity contribution in [3.05, 3.63) is 59.8 Å². The Kier molecular flexibility index (Phi) is 4.52. The van der Waals surface area contributed by atoms with E-state index in [1.54, 1.807) is 0 Å². The first kappa shape index (κ1) is 18.4. The van der Waals surface area contributed by atoms with Gasteiger partial charge < -0.3 is 15.9 Å². The zero-order valence-corrected chi connectivity index (χ0v) is 14.7. The summed E-state index contributed by atoms with van der Waals surface area (Å²) >= 11 is 0. The van der Waals surface area contributed by atoms with Gasteiger partial charge in [0.1, 0.15) is 5.52 Å². The molecule has 8 heteroatoms. The molecule has 4 N–H and O–H groups in total. The van der Waals surface area contributed by atoms with E-state index in [2.05, 4.69) is 9.97 Å². The Morgan fingerprint density at radius 2 is 1.71 bits per heavy atom. The number of nitrogens with two attached hydrogens (primary N) is 2. The average molecular weight is 386 g/mol. The van der Waals surface area contributed by atoms with E-state index in [1.165, 1.54) is 12.1 Å². The largest absolute Gasteiger partial charge is 0.435 e. The lowest BCUT2D eigenvalue weighted by Crippen LogP contribution is -2.17. The van der Waals surface area contributed by atoms with Crippen LogP contribution in [0.4, 0.5) is 13.2 Å². The van der Waals surface area contributed by atoms with Crippen LogP contribution in [0.3, 0.4) is 0 Å². The van der Waals surface area contributed by atoms with Gasteiger partial charge in [0.25, 0.3) is 0 Å². The van der Waals surface area contributed by atoms with Crippen LogP contribution < -0.4 is 11.5 Å². The fraction of sp³-hybridized carbons (Fsp3) is 0.200. The maximum Gasteiger partial charge on any atom is 0.416 e. The third kappa shape index (κ3) is 3.21. The lowest BCUT2D eigenvalue weighted by molar-refractivity contribution is -0.137. The van der Waals surface area contributed by atoms with Gasteiger partial charge in [0.15, 0.2) is 5.58 Å². The Morgan fingerprint density at radius 3 is 2.39 bits per heavy atom. The molecule has 28 heavy (non-hydrogen) atoms. The van der Waals surface area contributed by atoms with Gasteiger partial charge in [-0.3, -0.25) is 0 Å². The second-order valence-corrected chi connectivity index (χ2v) is 6.47. The van der Waals surface area contributed by atoms with E-state index in [1.807, 2.05) is 24.3 Å². The monoisotopic (exact) mass is 386 g/mol. The molecule has 0 aliphatic carbocycles. The summed E-state index contributed by atoms with van der Waals surface area (Å²) in [5.41, 5.74) is 13.8. The molecule has 2 aromatic carbocycles. The number of alkyl halides is 3. The molecule has 0 fully saturated rings. The van der Waals surface area contributed by atoms with Gasteiger partial charge in [-0.15, -0.1) is 0 Å². The molecule has 0 saturated heterocycles. The predicted octanol–water partition coefficient (Wildman–Crippen LogP) is 4.41. The van der Waals surface area contributed by atoms with E-state index in [9.17, 15) is 13.2 Å². The third-order valence-corrected chi connectivity index (χ3v) is 4.55. The van der Waals surface area contributed by atoms with Crippen LogP contribution in [0, 0.1) is 0 Å². The number of benzene rings is 2. The molecule has 0 amide bonds. The topological polar surface area (TPSA) is 91.0 Å². The van der Waals surface area contributed by atoms with Crippen LogP contribution in [-0.2, 0) is 6.18 Å². The summed E-state index contributed by atoms with van der Waals surface area (Å²) in [7, 11) is 0. The third-order valence-electron chi connectivity index (χ3n) is 4.55. The van der Waals surface area contributed by atoms with Crippen molar-refractivity contribution in [1.29, 1.82) is 0 Å². The summed E-state index contributed by atoms with van der Waals surface area (Å²) in [4.78, 5) is 9.12. The lowest BCUT2D eigenvalue weighted by Gasteiger charge is -2.11. The van der Waals surface area contributed by atoms with Gasteiger partial charge in [-0.25, -0.2) is 9.97 Å². The number of hydrogen-bond acceptors (Lipinski definition) is 5. The van der Waals surface area contributed by atoms with E-state index in [-0.39, 0.29) is 5.89 Å². The second-order valence-electron chi connectivity index (χ2n) is 6.47. The molecular weight excluding hydrogens is 369 g/mol. The Balaban J connectivity index is 1.90. The van der Waals surface area contributed by atoms with E-state index >= 15 is 0 Å². The van der Waals surface area contributed by atoms with Gasteiger partial charge in [-0.05, 0) is 49.4 Å². The molecule has 4 rings (SSSR count). The van der Waals surface area contributed by atoms with Crippen LogP contribution in [0.5, 0.6) is 0 Å². The fourth-order valence-electron chi connectivity index (χ4n) is 3.12. The molecule has 4 aromatic rings. The van der Waals surface area contributed by atoms with Crippen LogP contribution in [0.1, 0.15) is 23.7 Å². The molecule has 144 valence electrons. The summed E-state index contributed by atoms with van der Waals surface area (Å²) < 4.78 is 44.4. The molecule has 5 nitrogen and oxygen atoms in total. The SMILES string of the molecule is NCCC(N)c1nc2ccccc2c2oc(-c3ccc(C(F)(F)F)cc3)nc12. The first-order valence-corrected chi connectivity index (χ1v) is 8.71. The zero-order valence-electron chi connectivity index (χ0n) is 14.7. The molecule has 1 unspecified atom stereocenters. The van der Waals surface area contributed by atoms with Crippen LogP contribution in [-0.4, -0.2) is 16.5 Å². The van der Waals surface area contributed by atoms with Crippen molar-refractivity contribution < 1.29 is 17.6 Å². The first-order valence-electron chi connectivity index (χ1n) is 8.71. The number of nitrogens with zero attached hydrogens (tertiary/aromatic N) is 2. The molecule has 0 aliphatic heterocycles. The smallest absolute Gasteiger partial charge is 0.416 e. The van der Waals surface area contributed by atoms with Crippen LogP contribution in [0.25, 0.3) is 33.5 Å². The molecule has 1 atom stereocenters. The minimum Gasteiger partial charge on any atom is -0.435 e. The van der Waals surface area contributed by atoms with Crippen LogP contribution in [0.15, 0.2) is 52.9 Å². The molecule has 2 aromatic heterocycles. The number of pyridine rings is 1. The number of oxazole rings is 1. The molecule has 0 spiro atoms. The maximum absolute atomic E-state index is 12.8. The summed E-state index contributed by atoms with van der Waals surface area (Å²) in [6.45, 7) is 0.390. The summed E-state index contributed by atoms with van der Waals surface area (Å²) in [5.74, 6) is 0.211. The van der Waals surface area contributed by atoms with Crippen molar-refractivity contribution in [1.82, 2.24) is 9.97 Å².